The first-order chi connectivity index (χ1) is 14.3. The molecule has 0 saturated heterocycles. The molecule has 2 rings (SSSR count). The maximum absolute atomic E-state index is 12.6. The molecule has 0 unspecified atom stereocenters. The van der Waals surface area contributed by atoms with Gasteiger partial charge in [-0.3, -0.25) is 24.5 Å². The third kappa shape index (κ3) is 7.13. The Morgan fingerprint density at radius 1 is 1.13 bits per heavy atom. The Balaban J connectivity index is 2.26. The maximum Gasteiger partial charge on any atom is 0.303 e. The van der Waals surface area contributed by atoms with E-state index in [0.29, 0.717) is 15.6 Å². The second kappa shape index (κ2) is 10.9. The Bertz CT molecular complexity index is 1010. The van der Waals surface area contributed by atoms with E-state index in [1.165, 1.54) is 24.3 Å². The number of benzene rings is 2. The van der Waals surface area contributed by atoms with E-state index >= 15 is 0 Å². The lowest BCUT2D eigenvalue weighted by molar-refractivity contribution is -0.384. The van der Waals surface area contributed by atoms with Crippen molar-refractivity contribution in [2.75, 3.05) is 6.54 Å². The molecule has 0 radical (unpaired) electrons. The second-order valence-corrected chi connectivity index (χ2v) is 7.04. The van der Waals surface area contributed by atoms with Gasteiger partial charge in [-0.25, -0.2) is 0 Å². The van der Waals surface area contributed by atoms with Crippen LogP contribution in [0.5, 0.6) is 0 Å². The predicted octanol–water partition coefficient (Wildman–Crippen LogP) is 3.11. The summed E-state index contributed by atoms with van der Waals surface area (Å²) in [4.78, 5) is 46.1. The highest BCUT2D eigenvalue weighted by atomic mass is 79.9. The van der Waals surface area contributed by atoms with E-state index in [-0.39, 0.29) is 30.8 Å². The Morgan fingerprint density at radius 2 is 1.87 bits per heavy atom. The zero-order chi connectivity index (χ0) is 22.1. The standard InChI is InChI=1S/C20H18BrN3O6/c21-15-6-2-5-14(12-15)19(27)23-17(20(28)22-9-3-8-18(25)26)11-13-4-1-7-16(10-13)24(29)30/h1-2,4-7,10-12H,3,8-9H2,(H,22,28)(H,23,27)(H,25,26)/b17-11+. The molecule has 2 aromatic carbocycles. The molecule has 0 bridgehead atoms. The summed E-state index contributed by atoms with van der Waals surface area (Å²) in [5, 5.41) is 24.7. The zero-order valence-electron chi connectivity index (χ0n) is 15.6. The van der Waals surface area contributed by atoms with Gasteiger partial charge in [0.15, 0.2) is 0 Å². The van der Waals surface area contributed by atoms with Crippen molar-refractivity contribution >= 4 is 45.5 Å². The summed E-state index contributed by atoms with van der Waals surface area (Å²) in [5.41, 5.74) is 0.349. The van der Waals surface area contributed by atoms with E-state index in [9.17, 15) is 24.5 Å². The summed E-state index contributed by atoms with van der Waals surface area (Å²) < 4.78 is 0.678. The van der Waals surface area contributed by atoms with Gasteiger partial charge in [-0.1, -0.05) is 34.1 Å². The highest BCUT2D eigenvalue weighted by molar-refractivity contribution is 9.10. The number of nitro groups is 1. The molecule has 0 aromatic heterocycles. The molecule has 0 spiro atoms. The molecule has 9 nitrogen and oxygen atoms in total. The SMILES string of the molecule is O=C(O)CCCNC(=O)/C(=C\c1cccc([N+](=O)[O-])c1)NC(=O)c1cccc(Br)c1. The minimum absolute atomic E-state index is 0.0875. The van der Waals surface area contributed by atoms with Gasteiger partial charge in [0.05, 0.1) is 4.92 Å². The fourth-order valence-electron chi connectivity index (χ4n) is 2.41. The lowest BCUT2D eigenvalue weighted by Crippen LogP contribution is -2.35. The van der Waals surface area contributed by atoms with E-state index in [1.54, 1.807) is 30.3 Å². The first kappa shape index (κ1) is 22.8. The van der Waals surface area contributed by atoms with Crippen LogP contribution in [-0.4, -0.2) is 34.4 Å². The lowest BCUT2D eigenvalue weighted by atomic mass is 10.1. The summed E-state index contributed by atoms with van der Waals surface area (Å²) in [6.07, 6.45) is 1.41. The van der Waals surface area contributed by atoms with Gasteiger partial charge in [0.1, 0.15) is 5.70 Å². The minimum Gasteiger partial charge on any atom is -0.481 e. The highest BCUT2D eigenvalue weighted by Gasteiger charge is 2.15. The van der Waals surface area contributed by atoms with Crippen molar-refractivity contribution in [3.8, 4) is 0 Å². The molecule has 30 heavy (non-hydrogen) atoms. The Hall–Kier alpha value is -3.53. The normalized spacial score (nSPS) is 10.9. The van der Waals surface area contributed by atoms with E-state index < -0.39 is 22.7 Å². The van der Waals surface area contributed by atoms with Crippen molar-refractivity contribution in [3.63, 3.8) is 0 Å². The number of nitrogens with zero attached hydrogens (tertiary/aromatic N) is 1. The summed E-state index contributed by atoms with van der Waals surface area (Å²) >= 11 is 3.27. The molecule has 3 N–H and O–H groups in total. The first-order valence-electron chi connectivity index (χ1n) is 8.79. The molecule has 2 aromatic rings. The van der Waals surface area contributed by atoms with Gasteiger partial charge in [0.25, 0.3) is 17.5 Å². The molecule has 0 aliphatic rings. The van der Waals surface area contributed by atoms with E-state index in [4.69, 9.17) is 5.11 Å². The zero-order valence-corrected chi connectivity index (χ0v) is 17.2. The molecule has 156 valence electrons. The smallest absolute Gasteiger partial charge is 0.303 e. The number of carbonyl (C=O) groups excluding carboxylic acids is 2. The van der Waals surface area contributed by atoms with Crippen molar-refractivity contribution in [1.82, 2.24) is 10.6 Å². The molecule has 0 saturated carbocycles. The fourth-order valence-corrected chi connectivity index (χ4v) is 2.81. The van der Waals surface area contributed by atoms with Gasteiger partial charge in [-0.05, 0) is 36.3 Å². The van der Waals surface area contributed by atoms with Gasteiger partial charge in [0, 0.05) is 35.1 Å². The predicted molar refractivity (Wildman–Crippen MR) is 113 cm³/mol. The molecule has 0 aliphatic carbocycles. The number of carboxylic acids is 1. The number of aliphatic carboxylic acids is 1. The number of hydrogen-bond donors (Lipinski definition) is 3. The number of halogens is 1. The maximum atomic E-state index is 12.6. The molecule has 10 heteroatoms. The number of amides is 2. The van der Waals surface area contributed by atoms with Crippen molar-refractivity contribution in [2.24, 2.45) is 0 Å². The monoisotopic (exact) mass is 475 g/mol. The number of rotatable bonds is 9. The third-order valence-electron chi connectivity index (χ3n) is 3.82. The van der Waals surface area contributed by atoms with Gasteiger partial charge < -0.3 is 15.7 Å². The quantitative estimate of drug-likeness (QED) is 0.220. The van der Waals surface area contributed by atoms with Crippen molar-refractivity contribution < 1.29 is 24.4 Å². The molecule has 2 amide bonds. The topological polar surface area (TPSA) is 139 Å². The summed E-state index contributed by atoms with van der Waals surface area (Å²) in [6.45, 7) is 0.0875. The van der Waals surface area contributed by atoms with E-state index in [1.807, 2.05) is 0 Å². The molecule has 0 heterocycles. The molecular formula is C20H18BrN3O6. The van der Waals surface area contributed by atoms with Crippen LogP contribution in [0.15, 0.2) is 58.7 Å². The highest BCUT2D eigenvalue weighted by Crippen LogP contribution is 2.16. The van der Waals surface area contributed by atoms with Crippen LogP contribution >= 0.6 is 15.9 Å². The van der Waals surface area contributed by atoms with Gasteiger partial charge in [-0.2, -0.15) is 0 Å². The minimum atomic E-state index is -0.987. The number of nitrogens with one attached hydrogen (secondary N) is 2. The summed E-state index contributed by atoms with van der Waals surface area (Å²) in [6, 6.07) is 12.1. The fraction of sp³-hybridized carbons (Fsp3) is 0.150. The molecule has 0 aliphatic heterocycles. The summed E-state index contributed by atoms with van der Waals surface area (Å²) in [7, 11) is 0. The van der Waals surface area contributed by atoms with Gasteiger partial charge >= 0.3 is 5.97 Å². The van der Waals surface area contributed by atoms with E-state index in [2.05, 4.69) is 26.6 Å². The van der Waals surface area contributed by atoms with Crippen LogP contribution in [0.25, 0.3) is 6.08 Å². The number of hydrogen-bond acceptors (Lipinski definition) is 5. The lowest BCUT2D eigenvalue weighted by Gasteiger charge is -2.11. The number of non-ortho nitro benzene ring substituents is 1. The second-order valence-electron chi connectivity index (χ2n) is 6.13. The average molecular weight is 476 g/mol. The van der Waals surface area contributed by atoms with Crippen LogP contribution in [0.3, 0.4) is 0 Å². The van der Waals surface area contributed by atoms with Crippen LogP contribution in [0.2, 0.25) is 0 Å². The number of carbonyl (C=O) groups is 3. The van der Waals surface area contributed by atoms with Crippen LogP contribution in [0.1, 0.15) is 28.8 Å². The van der Waals surface area contributed by atoms with Crippen LogP contribution in [0.4, 0.5) is 5.69 Å². The van der Waals surface area contributed by atoms with Crippen LogP contribution in [-0.2, 0) is 9.59 Å². The Morgan fingerprint density at radius 3 is 2.53 bits per heavy atom. The largest absolute Gasteiger partial charge is 0.481 e. The molecule has 0 fully saturated rings. The average Bonchev–Trinajstić information content (AvgIpc) is 2.70. The van der Waals surface area contributed by atoms with Crippen molar-refractivity contribution in [2.45, 2.75) is 12.8 Å². The Kier molecular flexibility index (Phi) is 8.24. The van der Waals surface area contributed by atoms with Crippen LogP contribution in [0, 0.1) is 10.1 Å². The van der Waals surface area contributed by atoms with E-state index in [0.717, 1.165) is 0 Å². The number of carboxylic acid groups (broad SMARTS) is 1. The third-order valence-corrected chi connectivity index (χ3v) is 4.32. The number of nitro benzene ring substituents is 1. The van der Waals surface area contributed by atoms with Crippen LogP contribution < -0.4 is 10.6 Å². The Labute approximate surface area is 180 Å². The van der Waals surface area contributed by atoms with Gasteiger partial charge in [-0.15, -0.1) is 0 Å². The molecule has 0 atom stereocenters. The molecular weight excluding hydrogens is 458 g/mol. The van der Waals surface area contributed by atoms with Gasteiger partial charge in [0.2, 0.25) is 0 Å². The summed E-state index contributed by atoms with van der Waals surface area (Å²) in [5.74, 6) is -2.18. The van der Waals surface area contributed by atoms with Crippen molar-refractivity contribution in [1.29, 1.82) is 0 Å². The first-order valence-corrected chi connectivity index (χ1v) is 9.58. The van der Waals surface area contributed by atoms with Crippen molar-refractivity contribution in [3.05, 3.63) is 79.9 Å².